The summed E-state index contributed by atoms with van der Waals surface area (Å²) < 4.78 is 4.38. The average Bonchev–Trinajstić information content (AvgIpc) is 2.95. The molecule has 9 nitrogen and oxygen atoms in total. The van der Waals surface area contributed by atoms with Gasteiger partial charge in [0.15, 0.2) is 16.9 Å². The van der Waals surface area contributed by atoms with E-state index in [0.717, 1.165) is 5.71 Å². The van der Waals surface area contributed by atoms with Gasteiger partial charge >= 0.3 is 5.69 Å². The van der Waals surface area contributed by atoms with Crippen LogP contribution in [0.25, 0.3) is 11.2 Å². The predicted octanol–water partition coefficient (Wildman–Crippen LogP) is 1.12. The summed E-state index contributed by atoms with van der Waals surface area (Å²) >= 11 is 0. The molecule has 3 rings (SSSR count). The van der Waals surface area contributed by atoms with Crippen molar-refractivity contribution in [3.63, 3.8) is 0 Å². The lowest BCUT2D eigenvalue weighted by molar-refractivity contribution is -0.124. The molecule has 0 radical (unpaired) electrons. The Morgan fingerprint density at radius 2 is 1.89 bits per heavy atom. The molecular weight excluding hydrogens is 348 g/mol. The van der Waals surface area contributed by atoms with Crippen LogP contribution in [0.3, 0.4) is 0 Å². The quantitative estimate of drug-likeness (QED) is 0.799. The summed E-state index contributed by atoms with van der Waals surface area (Å²) in [6.45, 7) is 10.1. The van der Waals surface area contributed by atoms with Gasteiger partial charge in [0, 0.05) is 19.0 Å². The van der Waals surface area contributed by atoms with Crippen LogP contribution >= 0.6 is 0 Å². The Morgan fingerprint density at radius 3 is 2.48 bits per heavy atom. The van der Waals surface area contributed by atoms with Crippen LogP contribution in [-0.4, -0.2) is 36.7 Å². The van der Waals surface area contributed by atoms with Crippen LogP contribution in [0.5, 0.6) is 0 Å². The fourth-order valence-electron chi connectivity index (χ4n) is 3.12. The van der Waals surface area contributed by atoms with Crippen LogP contribution < -0.4 is 16.3 Å². The minimum Gasteiger partial charge on any atom is -0.297 e. The van der Waals surface area contributed by atoms with E-state index in [9.17, 15) is 14.4 Å². The van der Waals surface area contributed by atoms with Crippen LogP contribution in [-0.2, 0) is 24.9 Å². The molecule has 2 aromatic heterocycles. The number of ketones is 1. The van der Waals surface area contributed by atoms with Crippen molar-refractivity contribution < 1.29 is 4.79 Å². The number of fused-ring (bicyclic) bond motifs is 3. The topological polar surface area (TPSA) is 94.5 Å². The zero-order valence-electron chi connectivity index (χ0n) is 16.7. The summed E-state index contributed by atoms with van der Waals surface area (Å²) in [7, 11) is 1.60. The van der Waals surface area contributed by atoms with Gasteiger partial charge in [-0.2, -0.15) is 10.1 Å². The number of hydrogen-bond acceptors (Lipinski definition) is 6. The Balaban J connectivity index is 2.23. The summed E-state index contributed by atoms with van der Waals surface area (Å²) in [5.74, 6) is 0.423. The van der Waals surface area contributed by atoms with Crippen LogP contribution in [0, 0.1) is 5.41 Å². The number of aryl methyl sites for hydroxylation is 1. The molecule has 146 valence electrons. The zero-order valence-corrected chi connectivity index (χ0v) is 16.7. The van der Waals surface area contributed by atoms with E-state index in [4.69, 9.17) is 0 Å². The first kappa shape index (κ1) is 19.1. The normalized spacial score (nSPS) is 14.4. The van der Waals surface area contributed by atoms with E-state index in [1.54, 1.807) is 11.6 Å². The highest BCUT2D eigenvalue weighted by Gasteiger charge is 2.30. The van der Waals surface area contributed by atoms with E-state index >= 15 is 0 Å². The maximum Gasteiger partial charge on any atom is 0.332 e. The van der Waals surface area contributed by atoms with Gasteiger partial charge in [-0.25, -0.2) is 9.80 Å². The van der Waals surface area contributed by atoms with Crippen LogP contribution in [0.1, 0.15) is 41.0 Å². The van der Waals surface area contributed by atoms with Gasteiger partial charge in [-0.3, -0.25) is 23.3 Å². The van der Waals surface area contributed by atoms with Gasteiger partial charge in [-0.05, 0) is 13.3 Å². The van der Waals surface area contributed by atoms with Gasteiger partial charge in [0.25, 0.3) is 5.56 Å². The van der Waals surface area contributed by atoms with Crippen molar-refractivity contribution in [2.45, 2.75) is 54.1 Å². The van der Waals surface area contributed by atoms with Gasteiger partial charge in [0.2, 0.25) is 5.95 Å². The highest BCUT2D eigenvalue weighted by Crippen LogP contribution is 2.25. The number of anilines is 1. The first-order valence-corrected chi connectivity index (χ1v) is 9.11. The fourth-order valence-corrected chi connectivity index (χ4v) is 3.12. The maximum absolute atomic E-state index is 13.0. The fraction of sp³-hybridized carbons (Fsp3) is 0.611. The van der Waals surface area contributed by atoms with Crippen LogP contribution in [0.2, 0.25) is 0 Å². The lowest BCUT2D eigenvalue weighted by Gasteiger charge is -2.27. The second-order valence-corrected chi connectivity index (χ2v) is 8.03. The summed E-state index contributed by atoms with van der Waals surface area (Å²) in [5.41, 5.74) is 0.177. The summed E-state index contributed by atoms with van der Waals surface area (Å²) in [4.78, 5) is 42.6. The van der Waals surface area contributed by atoms with E-state index in [1.165, 1.54) is 14.1 Å². The summed E-state index contributed by atoms with van der Waals surface area (Å²) in [5, 5.41) is 5.99. The standard InChI is InChI=1S/C18H26N6O3/c1-7-8-22-15(26)13-14(21(6)17(22)27)19-16-23(13)9-11(2)20-24(16)10-12(25)18(3,4)5/h7-10H2,1-6H3. The smallest absolute Gasteiger partial charge is 0.297 e. The number of carbonyl (C=O) groups excluding carboxylic acids is 1. The number of hydrogen-bond donors (Lipinski definition) is 0. The molecule has 0 bridgehead atoms. The molecular formula is C18H26N6O3. The van der Waals surface area contributed by atoms with E-state index in [2.05, 4.69) is 10.1 Å². The number of hydrazone groups is 1. The van der Waals surface area contributed by atoms with Crippen molar-refractivity contribution in [1.29, 1.82) is 0 Å². The molecule has 0 unspecified atom stereocenters. The third-order valence-corrected chi connectivity index (χ3v) is 4.70. The number of nitrogens with zero attached hydrogens (tertiary/aromatic N) is 6. The molecule has 0 saturated heterocycles. The summed E-state index contributed by atoms with van der Waals surface area (Å²) in [6, 6.07) is 0. The van der Waals surface area contributed by atoms with Crippen molar-refractivity contribution >= 4 is 28.6 Å². The third kappa shape index (κ3) is 3.11. The van der Waals surface area contributed by atoms with Gasteiger partial charge in [0.1, 0.15) is 6.54 Å². The monoisotopic (exact) mass is 374 g/mol. The van der Waals surface area contributed by atoms with E-state index in [1.807, 2.05) is 34.6 Å². The zero-order chi connectivity index (χ0) is 20.1. The average molecular weight is 374 g/mol. The molecule has 0 aliphatic carbocycles. The lowest BCUT2D eigenvalue weighted by Crippen LogP contribution is -2.40. The summed E-state index contributed by atoms with van der Waals surface area (Å²) in [6.07, 6.45) is 0.675. The van der Waals surface area contributed by atoms with Crippen molar-refractivity contribution in [3.05, 3.63) is 20.8 Å². The number of aromatic nitrogens is 4. The first-order chi connectivity index (χ1) is 12.6. The first-order valence-electron chi connectivity index (χ1n) is 9.11. The minimum absolute atomic E-state index is 0.0110. The van der Waals surface area contributed by atoms with Gasteiger partial charge < -0.3 is 0 Å². The lowest BCUT2D eigenvalue weighted by atomic mass is 9.91. The molecule has 0 fully saturated rings. The number of carbonyl (C=O) groups is 1. The number of rotatable bonds is 4. The molecule has 0 amide bonds. The van der Waals surface area contributed by atoms with Crippen molar-refractivity contribution in [2.75, 3.05) is 11.6 Å². The second kappa shape index (κ2) is 6.47. The molecule has 0 saturated carbocycles. The number of imidazole rings is 1. The second-order valence-electron chi connectivity index (χ2n) is 8.03. The minimum atomic E-state index is -0.515. The molecule has 9 heteroatoms. The third-order valence-electron chi connectivity index (χ3n) is 4.70. The van der Waals surface area contributed by atoms with Crippen molar-refractivity contribution in [1.82, 2.24) is 18.7 Å². The molecule has 3 heterocycles. The van der Waals surface area contributed by atoms with E-state index < -0.39 is 5.41 Å². The largest absolute Gasteiger partial charge is 0.332 e. The molecule has 27 heavy (non-hydrogen) atoms. The molecule has 1 aliphatic rings. The predicted molar refractivity (Wildman–Crippen MR) is 104 cm³/mol. The highest BCUT2D eigenvalue weighted by atomic mass is 16.2. The molecule has 1 aliphatic heterocycles. The van der Waals surface area contributed by atoms with E-state index in [0.29, 0.717) is 36.6 Å². The maximum atomic E-state index is 13.0. The van der Waals surface area contributed by atoms with Crippen LogP contribution in [0.4, 0.5) is 5.95 Å². The van der Waals surface area contributed by atoms with Gasteiger partial charge in [-0.15, -0.1) is 0 Å². The Morgan fingerprint density at radius 1 is 1.22 bits per heavy atom. The Bertz CT molecular complexity index is 1060. The van der Waals surface area contributed by atoms with Gasteiger partial charge in [0.05, 0.1) is 12.3 Å². The molecule has 0 aromatic carbocycles. The van der Waals surface area contributed by atoms with E-state index in [-0.39, 0.29) is 23.6 Å². The molecule has 2 aromatic rings. The highest BCUT2D eigenvalue weighted by molar-refractivity contribution is 5.91. The van der Waals surface area contributed by atoms with Crippen molar-refractivity contribution in [2.24, 2.45) is 17.6 Å². The number of Topliss-reactive ketones (excluding diaryl/α,β-unsaturated/α-hetero) is 1. The Labute approximate surface area is 156 Å². The van der Waals surface area contributed by atoms with Crippen molar-refractivity contribution in [3.8, 4) is 0 Å². The van der Waals surface area contributed by atoms with Gasteiger partial charge in [-0.1, -0.05) is 27.7 Å². The van der Waals surface area contributed by atoms with Crippen LogP contribution in [0.15, 0.2) is 14.7 Å². The molecule has 0 N–H and O–H groups in total. The molecule has 0 atom stereocenters. The molecule has 0 spiro atoms. The SMILES string of the molecule is CCCn1c(=O)c2c(nc3n2CC(C)=NN3CC(=O)C(C)(C)C)n(C)c1=O. The Hall–Kier alpha value is -2.71. The Kier molecular flexibility index (Phi) is 4.57.